The lowest BCUT2D eigenvalue weighted by Crippen LogP contribution is -2.30. The SMILES string of the molecule is Cc1nn(C)c(C(=O)N(C)CCCCCO)c1N. The van der Waals surface area contributed by atoms with Gasteiger partial charge in [0.25, 0.3) is 5.91 Å². The molecule has 1 aromatic heterocycles. The van der Waals surface area contributed by atoms with Gasteiger partial charge in [-0.2, -0.15) is 5.10 Å². The summed E-state index contributed by atoms with van der Waals surface area (Å²) < 4.78 is 1.53. The highest BCUT2D eigenvalue weighted by Gasteiger charge is 2.20. The first-order valence-electron chi connectivity index (χ1n) is 6.14. The molecule has 0 atom stereocenters. The van der Waals surface area contributed by atoms with E-state index in [1.807, 2.05) is 0 Å². The van der Waals surface area contributed by atoms with Crippen molar-refractivity contribution in [3.05, 3.63) is 11.4 Å². The van der Waals surface area contributed by atoms with Gasteiger partial charge in [-0.05, 0) is 26.2 Å². The van der Waals surface area contributed by atoms with Gasteiger partial charge in [0.05, 0.1) is 11.4 Å². The van der Waals surface area contributed by atoms with E-state index < -0.39 is 0 Å². The molecule has 18 heavy (non-hydrogen) atoms. The fourth-order valence-electron chi connectivity index (χ4n) is 1.85. The van der Waals surface area contributed by atoms with E-state index in [1.165, 1.54) is 4.68 Å². The van der Waals surface area contributed by atoms with Crippen LogP contribution in [0.1, 0.15) is 35.4 Å². The molecule has 1 aromatic rings. The number of aliphatic hydroxyl groups excluding tert-OH is 1. The molecule has 0 saturated carbocycles. The summed E-state index contributed by atoms with van der Waals surface area (Å²) in [6.07, 6.45) is 2.56. The maximum Gasteiger partial charge on any atom is 0.274 e. The van der Waals surface area contributed by atoms with Crippen molar-refractivity contribution in [2.45, 2.75) is 26.2 Å². The average molecular weight is 254 g/mol. The molecule has 0 saturated heterocycles. The molecular weight excluding hydrogens is 232 g/mol. The summed E-state index contributed by atoms with van der Waals surface area (Å²) in [7, 11) is 3.47. The number of carbonyl (C=O) groups is 1. The quantitative estimate of drug-likeness (QED) is 0.726. The first-order chi connectivity index (χ1) is 8.49. The molecule has 102 valence electrons. The monoisotopic (exact) mass is 254 g/mol. The number of nitrogen functional groups attached to an aromatic ring is 1. The number of nitrogens with zero attached hydrogens (tertiary/aromatic N) is 3. The average Bonchev–Trinajstić information content (AvgIpc) is 2.58. The molecule has 6 heteroatoms. The number of hydrogen-bond donors (Lipinski definition) is 2. The molecule has 0 aliphatic rings. The summed E-state index contributed by atoms with van der Waals surface area (Å²) in [4.78, 5) is 13.8. The van der Waals surface area contributed by atoms with Crippen molar-refractivity contribution >= 4 is 11.6 Å². The number of nitrogens with two attached hydrogens (primary N) is 1. The summed E-state index contributed by atoms with van der Waals surface area (Å²) in [5, 5.41) is 12.8. The number of carbonyl (C=O) groups excluding carboxylic acids is 1. The molecule has 3 N–H and O–H groups in total. The first kappa shape index (κ1) is 14.5. The van der Waals surface area contributed by atoms with Crippen molar-refractivity contribution in [2.24, 2.45) is 7.05 Å². The van der Waals surface area contributed by atoms with E-state index in [1.54, 1.807) is 25.9 Å². The standard InChI is InChI=1S/C12H22N4O2/c1-9-10(13)11(16(3)14-9)12(18)15(2)7-5-4-6-8-17/h17H,4-8,13H2,1-3H3. The fraction of sp³-hybridized carbons (Fsp3) is 0.667. The molecule has 0 unspecified atom stereocenters. The van der Waals surface area contributed by atoms with E-state index in [2.05, 4.69) is 5.10 Å². The highest BCUT2D eigenvalue weighted by Crippen LogP contribution is 2.17. The van der Waals surface area contributed by atoms with Crippen LogP contribution in [-0.4, -0.2) is 45.9 Å². The van der Waals surface area contributed by atoms with Gasteiger partial charge in [0.2, 0.25) is 0 Å². The number of anilines is 1. The second kappa shape index (κ2) is 6.39. The van der Waals surface area contributed by atoms with Crippen LogP contribution in [0.25, 0.3) is 0 Å². The Balaban J connectivity index is 2.63. The molecule has 0 fully saturated rings. The van der Waals surface area contributed by atoms with Crippen LogP contribution in [0, 0.1) is 6.92 Å². The van der Waals surface area contributed by atoms with Crippen LogP contribution >= 0.6 is 0 Å². The van der Waals surface area contributed by atoms with Crippen molar-refractivity contribution in [1.29, 1.82) is 0 Å². The Morgan fingerprint density at radius 1 is 1.44 bits per heavy atom. The third-order valence-corrected chi connectivity index (χ3v) is 2.97. The zero-order valence-electron chi connectivity index (χ0n) is 11.3. The van der Waals surface area contributed by atoms with E-state index in [0.717, 1.165) is 19.3 Å². The lowest BCUT2D eigenvalue weighted by molar-refractivity contribution is 0.0782. The Bertz CT molecular complexity index is 414. The van der Waals surface area contributed by atoms with Crippen molar-refractivity contribution in [3.63, 3.8) is 0 Å². The normalized spacial score (nSPS) is 10.7. The number of hydrogen-bond acceptors (Lipinski definition) is 4. The molecule has 1 amide bonds. The third kappa shape index (κ3) is 3.22. The van der Waals surface area contributed by atoms with Crippen LogP contribution in [0.4, 0.5) is 5.69 Å². The zero-order valence-corrected chi connectivity index (χ0v) is 11.3. The molecule has 0 aliphatic carbocycles. The van der Waals surface area contributed by atoms with E-state index in [4.69, 9.17) is 10.8 Å². The first-order valence-corrected chi connectivity index (χ1v) is 6.14. The van der Waals surface area contributed by atoms with Gasteiger partial charge in [0.1, 0.15) is 5.69 Å². The third-order valence-electron chi connectivity index (χ3n) is 2.97. The second-order valence-corrected chi connectivity index (χ2v) is 4.48. The topological polar surface area (TPSA) is 84.4 Å². The zero-order chi connectivity index (χ0) is 13.7. The highest BCUT2D eigenvalue weighted by molar-refractivity contribution is 5.97. The molecule has 6 nitrogen and oxygen atoms in total. The summed E-state index contributed by atoms with van der Waals surface area (Å²) in [5.41, 5.74) is 7.42. The largest absolute Gasteiger partial charge is 0.396 e. The minimum Gasteiger partial charge on any atom is -0.396 e. The summed E-state index contributed by atoms with van der Waals surface area (Å²) in [6.45, 7) is 2.64. The van der Waals surface area contributed by atoms with Crippen LogP contribution in [0.5, 0.6) is 0 Å². The van der Waals surface area contributed by atoms with E-state index in [-0.39, 0.29) is 12.5 Å². The lowest BCUT2D eigenvalue weighted by Gasteiger charge is -2.17. The van der Waals surface area contributed by atoms with Crippen molar-refractivity contribution in [3.8, 4) is 0 Å². The van der Waals surface area contributed by atoms with Gasteiger partial charge < -0.3 is 15.7 Å². The number of aliphatic hydroxyl groups is 1. The fourth-order valence-corrected chi connectivity index (χ4v) is 1.85. The molecule has 1 heterocycles. The van der Waals surface area contributed by atoms with Crippen LogP contribution in [-0.2, 0) is 7.05 Å². The number of aromatic nitrogens is 2. The van der Waals surface area contributed by atoms with Gasteiger partial charge in [-0.25, -0.2) is 0 Å². The Morgan fingerprint density at radius 2 is 2.11 bits per heavy atom. The van der Waals surface area contributed by atoms with E-state index >= 15 is 0 Å². The Morgan fingerprint density at radius 3 is 2.61 bits per heavy atom. The summed E-state index contributed by atoms with van der Waals surface area (Å²) >= 11 is 0. The second-order valence-electron chi connectivity index (χ2n) is 4.48. The number of amides is 1. The molecule has 0 aromatic carbocycles. The van der Waals surface area contributed by atoms with Crippen LogP contribution in [0.2, 0.25) is 0 Å². The van der Waals surface area contributed by atoms with Gasteiger partial charge in [-0.3, -0.25) is 9.48 Å². The Hall–Kier alpha value is -1.56. The van der Waals surface area contributed by atoms with Crippen LogP contribution in [0.3, 0.4) is 0 Å². The van der Waals surface area contributed by atoms with Crippen molar-refractivity contribution in [2.75, 3.05) is 25.9 Å². The van der Waals surface area contributed by atoms with Crippen LogP contribution in [0.15, 0.2) is 0 Å². The smallest absolute Gasteiger partial charge is 0.274 e. The molecule has 0 bridgehead atoms. The van der Waals surface area contributed by atoms with Crippen molar-refractivity contribution < 1.29 is 9.90 Å². The molecule has 0 radical (unpaired) electrons. The molecular formula is C12H22N4O2. The van der Waals surface area contributed by atoms with Gasteiger partial charge >= 0.3 is 0 Å². The lowest BCUT2D eigenvalue weighted by atomic mass is 10.2. The van der Waals surface area contributed by atoms with Gasteiger partial charge in [-0.1, -0.05) is 0 Å². The maximum absolute atomic E-state index is 12.2. The summed E-state index contributed by atoms with van der Waals surface area (Å²) in [5.74, 6) is -0.111. The summed E-state index contributed by atoms with van der Waals surface area (Å²) in [6, 6.07) is 0. The minimum atomic E-state index is -0.111. The molecule has 0 aliphatic heterocycles. The van der Waals surface area contributed by atoms with Gasteiger partial charge in [-0.15, -0.1) is 0 Å². The number of unbranched alkanes of at least 4 members (excludes halogenated alkanes) is 2. The minimum absolute atomic E-state index is 0.111. The molecule has 1 rings (SSSR count). The Labute approximate surface area is 107 Å². The molecule has 0 spiro atoms. The van der Waals surface area contributed by atoms with Crippen LogP contribution < -0.4 is 5.73 Å². The Kier molecular flexibility index (Phi) is 5.15. The van der Waals surface area contributed by atoms with Gasteiger partial charge in [0.15, 0.2) is 0 Å². The number of rotatable bonds is 6. The predicted molar refractivity (Wildman–Crippen MR) is 70.3 cm³/mol. The van der Waals surface area contributed by atoms with E-state index in [0.29, 0.717) is 23.6 Å². The highest BCUT2D eigenvalue weighted by atomic mass is 16.2. The number of aryl methyl sites for hydroxylation is 2. The predicted octanol–water partition coefficient (Wildman–Crippen LogP) is 0.545. The maximum atomic E-state index is 12.2. The van der Waals surface area contributed by atoms with Gasteiger partial charge in [0, 0.05) is 27.2 Å². The van der Waals surface area contributed by atoms with Crippen molar-refractivity contribution in [1.82, 2.24) is 14.7 Å². The van der Waals surface area contributed by atoms with E-state index in [9.17, 15) is 4.79 Å².